The highest BCUT2D eigenvalue weighted by atomic mass is 79.9. The van der Waals surface area contributed by atoms with E-state index in [1.165, 1.54) is 5.56 Å². The molecule has 21 heavy (non-hydrogen) atoms. The van der Waals surface area contributed by atoms with Gasteiger partial charge in [-0.25, -0.2) is 0 Å². The molecule has 0 fully saturated rings. The molecule has 1 atom stereocenters. The van der Waals surface area contributed by atoms with Crippen molar-refractivity contribution in [2.24, 2.45) is 5.73 Å². The van der Waals surface area contributed by atoms with Gasteiger partial charge in [-0.15, -0.1) is 0 Å². The Bertz CT molecular complexity index is 601. The Kier molecular flexibility index (Phi) is 5.79. The van der Waals surface area contributed by atoms with Crippen molar-refractivity contribution in [2.45, 2.75) is 13.0 Å². The van der Waals surface area contributed by atoms with E-state index in [4.69, 9.17) is 15.2 Å². The van der Waals surface area contributed by atoms with E-state index < -0.39 is 0 Å². The molecule has 3 nitrogen and oxygen atoms in total. The number of hydrogen-bond acceptors (Lipinski definition) is 3. The molecule has 112 valence electrons. The molecule has 2 rings (SSSR count). The minimum atomic E-state index is -0.238. The van der Waals surface area contributed by atoms with E-state index in [2.05, 4.69) is 28.9 Å². The van der Waals surface area contributed by atoms with Gasteiger partial charge in [-0.2, -0.15) is 0 Å². The van der Waals surface area contributed by atoms with Gasteiger partial charge in [0.05, 0.1) is 12.6 Å². The third kappa shape index (κ3) is 3.84. The zero-order chi connectivity index (χ0) is 15.2. The molecule has 4 heteroatoms. The van der Waals surface area contributed by atoms with Gasteiger partial charge >= 0.3 is 0 Å². The molecule has 0 aromatic heterocycles. The van der Waals surface area contributed by atoms with Crippen LogP contribution in [0.2, 0.25) is 0 Å². The molecule has 0 saturated carbocycles. The van der Waals surface area contributed by atoms with Gasteiger partial charge in [0.15, 0.2) is 0 Å². The molecule has 0 radical (unpaired) electrons. The van der Waals surface area contributed by atoms with Crippen LogP contribution in [0.3, 0.4) is 0 Å². The zero-order valence-electron chi connectivity index (χ0n) is 12.3. The zero-order valence-corrected chi connectivity index (χ0v) is 13.9. The van der Waals surface area contributed by atoms with Crippen LogP contribution in [0.25, 0.3) is 0 Å². The van der Waals surface area contributed by atoms with Crippen LogP contribution in [-0.4, -0.2) is 20.3 Å². The molecule has 0 heterocycles. The summed E-state index contributed by atoms with van der Waals surface area (Å²) in [6.45, 7) is 3.12. The number of hydrogen-bond donors (Lipinski definition) is 1. The largest absolute Gasteiger partial charge is 0.491 e. The number of aryl methyl sites for hydroxylation is 1. The van der Waals surface area contributed by atoms with Crippen LogP contribution >= 0.6 is 15.9 Å². The summed E-state index contributed by atoms with van der Waals surface area (Å²) < 4.78 is 11.8. The summed E-state index contributed by atoms with van der Waals surface area (Å²) in [6, 6.07) is 13.7. The predicted octanol–water partition coefficient (Wildman–Crippen LogP) is 3.83. The predicted molar refractivity (Wildman–Crippen MR) is 88.7 cm³/mol. The summed E-state index contributed by atoms with van der Waals surface area (Å²) in [6.07, 6.45) is 0. The van der Waals surface area contributed by atoms with Gasteiger partial charge in [0.1, 0.15) is 12.4 Å². The maximum atomic E-state index is 6.45. The summed E-state index contributed by atoms with van der Waals surface area (Å²) in [5.74, 6) is 0.801. The molecule has 2 aromatic rings. The molecule has 1 unspecified atom stereocenters. The van der Waals surface area contributed by atoms with Crippen molar-refractivity contribution in [3.05, 3.63) is 63.6 Å². The van der Waals surface area contributed by atoms with Crippen LogP contribution in [0.15, 0.2) is 46.9 Å². The fourth-order valence-corrected chi connectivity index (χ4v) is 2.69. The molecule has 0 spiro atoms. The Morgan fingerprint density at radius 1 is 1.05 bits per heavy atom. The summed E-state index contributed by atoms with van der Waals surface area (Å²) in [5.41, 5.74) is 9.64. The molecule has 0 amide bonds. The number of para-hydroxylation sites is 1. The average molecular weight is 350 g/mol. The Morgan fingerprint density at radius 3 is 2.52 bits per heavy atom. The van der Waals surface area contributed by atoms with Crippen molar-refractivity contribution >= 4 is 15.9 Å². The minimum absolute atomic E-state index is 0.238. The van der Waals surface area contributed by atoms with Crippen LogP contribution < -0.4 is 10.5 Å². The number of methoxy groups -OCH3 is 1. The van der Waals surface area contributed by atoms with Crippen molar-refractivity contribution in [2.75, 3.05) is 20.3 Å². The van der Waals surface area contributed by atoms with Crippen molar-refractivity contribution < 1.29 is 9.47 Å². The van der Waals surface area contributed by atoms with Gasteiger partial charge in [0, 0.05) is 17.1 Å². The smallest absolute Gasteiger partial charge is 0.124 e. The Morgan fingerprint density at radius 2 is 1.76 bits per heavy atom. The SMILES string of the molecule is COCCOc1ccccc1C(N)c1cccc(C)c1Br. The first-order valence-electron chi connectivity index (χ1n) is 6.86. The van der Waals surface area contributed by atoms with Gasteiger partial charge < -0.3 is 15.2 Å². The van der Waals surface area contributed by atoms with E-state index in [1.54, 1.807) is 7.11 Å². The quantitative estimate of drug-likeness (QED) is 0.806. The van der Waals surface area contributed by atoms with Crippen LogP contribution in [0.4, 0.5) is 0 Å². The highest BCUT2D eigenvalue weighted by Gasteiger charge is 2.17. The van der Waals surface area contributed by atoms with Gasteiger partial charge in [-0.3, -0.25) is 0 Å². The summed E-state index contributed by atoms with van der Waals surface area (Å²) >= 11 is 3.63. The number of nitrogens with two attached hydrogens (primary N) is 1. The third-order valence-corrected chi connectivity index (χ3v) is 4.44. The lowest BCUT2D eigenvalue weighted by atomic mass is 9.97. The molecule has 0 saturated heterocycles. The summed E-state index contributed by atoms with van der Waals surface area (Å²) in [7, 11) is 1.66. The fraction of sp³-hybridized carbons (Fsp3) is 0.294. The van der Waals surface area contributed by atoms with E-state index in [9.17, 15) is 0 Å². The standard InChI is InChI=1S/C17H20BrNO2/c1-12-6-5-8-14(16(12)18)17(19)13-7-3-4-9-15(13)21-11-10-20-2/h3-9,17H,10-11,19H2,1-2H3. The topological polar surface area (TPSA) is 44.5 Å². The van der Waals surface area contributed by atoms with Gasteiger partial charge in [0.2, 0.25) is 0 Å². The monoisotopic (exact) mass is 349 g/mol. The van der Waals surface area contributed by atoms with E-state index in [0.717, 1.165) is 21.3 Å². The van der Waals surface area contributed by atoms with Crippen LogP contribution in [0.5, 0.6) is 5.75 Å². The van der Waals surface area contributed by atoms with Crippen molar-refractivity contribution in [1.82, 2.24) is 0 Å². The Hall–Kier alpha value is -1.36. The normalized spacial score (nSPS) is 12.2. The van der Waals surface area contributed by atoms with Crippen LogP contribution in [0, 0.1) is 6.92 Å². The number of ether oxygens (including phenoxy) is 2. The lowest BCUT2D eigenvalue weighted by Gasteiger charge is -2.19. The van der Waals surface area contributed by atoms with Crippen LogP contribution in [-0.2, 0) is 4.74 Å². The molecule has 2 aromatic carbocycles. The molecular weight excluding hydrogens is 330 g/mol. The number of rotatable bonds is 6. The lowest BCUT2D eigenvalue weighted by molar-refractivity contribution is 0.145. The molecule has 2 N–H and O–H groups in total. The maximum absolute atomic E-state index is 6.45. The Balaban J connectivity index is 2.30. The van der Waals surface area contributed by atoms with Gasteiger partial charge in [0.25, 0.3) is 0 Å². The van der Waals surface area contributed by atoms with Crippen molar-refractivity contribution in [1.29, 1.82) is 0 Å². The lowest BCUT2D eigenvalue weighted by Crippen LogP contribution is -2.15. The first-order chi connectivity index (χ1) is 10.1. The van der Waals surface area contributed by atoms with E-state index in [1.807, 2.05) is 36.4 Å². The van der Waals surface area contributed by atoms with E-state index in [0.29, 0.717) is 13.2 Å². The first kappa shape index (κ1) is 16.0. The number of halogens is 1. The fourth-order valence-electron chi connectivity index (χ4n) is 2.18. The molecular formula is C17H20BrNO2. The Labute approximate surface area is 134 Å². The maximum Gasteiger partial charge on any atom is 0.124 e. The third-order valence-electron chi connectivity index (χ3n) is 3.36. The van der Waals surface area contributed by atoms with E-state index in [-0.39, 0.29) is 6.04 Å². The summed E-state index contributed by atoms with van der Waals surface area (Å²) in [5, 5.41) is 0. The second kappa shape index (κ2) is 7.59. The van der Waals surface area contributed by atoms with Gasteiger partial charge in [-0.1, -0.05) is 52.3 Å². The van der Waals surface area contributed by atoms with Crippen LogP contribution in [0.1, 0.15) is 22.7 Å². The average Bonchev–Trinajstić information content (AvgIpc) is 2.50. The highest BCUT2D eigenvalue weighted by molar-refractivity contribution is 9.10. The number of benzene rings is 2. The minimum Gasteiger partial charge on any atom is -0.491 e. The van der Waals surface area contributed by atoms with Crippen molar-refractivity contribution in [3.8, 4) is 5.75 Å². The van der Waals surface area contributed by atoms with E-state index >= 15 is 0 Å². The van der Waals surface area contributed by atoms with Crippen molar-refractivity contribution in [3.63, 3.8) is 0 Å². The molecule has 0 aliphatic carbocycles. The second-order valence-electron chi connectivity index (χ2n) is 4.83. The van der Waals surface area contributed by atoms with Gasteiger partial charge in [-0.05, 0) is 24.1 Å². The molecule has 0 aliphatic heterocycles. The molecule has 0 aliphatic rings. The second-order valence-corrected chi connectivity index (χ2v) is 5.63. The summed E-state index contributed by atoms with van der Waals surface area (Å²) in [4.78, 5) is 0. The molecule has 0 bridgehead atoms. The first-order valence-corrected chi connectivity index (χ1v) is 7.65. The highest BCUT2D eigenvalue weighted by Crippen LogP contribution is 2.33.